The lowest BCUT2D eigenvalue weighted by Crippen LogP contribution is -2.44. The van der Waals surface area contributed by atoms with Gasteiger partial charge in [-0.25, -0.2) is 4.79 Å². The van der Waals surface area contributed by atoms with E-state index in [1.54, 1.807) is 0 Å². The summed E-state index contributed by atoms with van der Waals surface area (Å²) in [5.41, 5.74) is 0. The SMILES string of the molecule is CCOC(CN1CCC([C@@H](O)C(=O)OC)CC1)OCC. The van der Waals surface area contributed by atoms with Gasteiger partial charge in [0.2, 0.25) is 0 Å². The van der Waals surface area contributed by atoms with Crippen LogP contribution in [-0.4, -0.2) is 68.3 Å². The smallest absolute Gasteiger partial charge is 0.334 e. The molecule has 1 N–H and O–H groups in total. The molecule has 0 aromatic rings. The molecule has 0 aliphatic carbocycles. The van der Waals surface area contributed by atoms with Crippen molar-refractivity contribution in [1.82, 2.24) is 4.90 Å². The van der Waals surface area contributed by atoms with Crippen molar-refractivity contribution in [2.75, 3.05) is 40.0 Å². The van der Waals surface area contributed by atoms with Crippen molar-refractivity contribution in [3.63, 3.8) is 0 Å². The molecule has 0 bridgehead atoms. The fourth-order valence-electron chi connectivity index (χ4n) is 2.50. The van der Waals surface area contributed by atoms with Gasteiger partial charge < -0.3 is 19.3 Å². The average molecular weight is 289 g/mol. The van der Waals surface area contributed by atoms with Gasteiger partial charge in [-0.1, -0.05) is 0 Å². The Hall–Kier alpha value is -0.690. The monoisotopic (exact) mass is 289 g/mol. The van der Waals surface area contributed by atoms with Gasteiger partial charge in [0.05, 0.1) is 7.11 Å². The Morgan fingerprint density at radius 1 is 1.25 bits per heavy atom. The van der Waals surface area contributed by atoms with E-state index < -0.39 is 12.1 Å². The maximum atomic E-state index is 11.3. The molecule has 0 spiro atoms. The summed E-state index contributed by atoms with van der Waals surface area (Å²) in [7, 11) is 1.30. The molecule has 1 aliphatic rings. The summed E-state index contributed by atoms with van der Waals surface area (Å²) < 4.78 is 15.6. The van der Waals surface area contributed by atoms with E-state index in [1.807, 2.05) is 13.8 Å². The number of likely N-dealkylation sites (tertiary alicyclic amines) is 1. The van der Waals surface area contributed by atoms with Gasteiger partial charge in [0.15, 0.2) is 12.4 Å². The highest BCUT2D eigenvalue weighted by atomic mass is 16.7. The van der Waals surface area contributed by atoms with Crippen LogP contribution < -0.4 is 0 Å². The summed E-state index contributed by atoms with van der Waals surface area (Å²) in [6.07, 6.45) is 0.353. The van der Waals surface area contributed by atoms with Gasteiger partial charge >= 0.3 is 5.97 Å². The predicted molar refractivity (Wildman–Crippen MR) is 74.2 cm³/mol. The van der Waals surface area contributed by atoms with Crippen LogP contribution in [-0.2, 0) is 19.0 Å². The van der Waals surface area contributed by atoms with Gasteiger partial charge in [-0.05, 0) is 45.7 Å². The van der Waals surface area contributed by atoms with Crippen LogP contribution in [0.25, 0.3) is 0 Å². The number of carbonyl (C=O) groups is 1. The van der Waals surface area contributed by atoms with Crippen molar-refractivity contribution < 1.29 is 24.1 Å². The van der Waals surface area contributed by atoms with Gasteiger partial charge in [-0.2, -0.15) is 0 Å². The van der Waals surface area contributed by atoms with Crippen LogP contribution in [0.5, 0.6) is 0 Å². The van der Waals surface area contributed by atoms with E-state index in [-0.39, 0.29) is 12.2 Å². The molecule has 1 atom stereocenters. The summed E-state index contributed by atoms with van der Waals surface area (Å²) in [4.78, 5) is 13.6. The highest BCUT2D eigenvalue weighted by molar-refractivity contribution is 5.74. The minimum atomic E-state index is -1.00. The molecule has 0 aromatic carbocycles. The topological polar surface area (TPSA) is 68.2 Å². The Bertz CT molecular complexity index is 273. The normalized spacial score (nSPS) is 19.2. The third-order valence-corrected chi connectivity index (χ3v) is 3.63. The molecule has 0 radical (unpaired) electrons. The largest absolute Gasteiger partial charge is 0.467 e. The standard InChI is InChI=1S/C14H27NO5/c1-4-19-12(20-5-2)10-15-8-6-11(7-9-15)13(16)14(17)18-3/h11-13,16H,4-10H2,1-3H3/t13-/m1/s1. The van der Waals surface area contributed by atoms with Crippen LogP contribution in [0.2, 0.25) is 0 Å². The number of rotatable bonds is 8. The molecule has 0 aromatic heterocycles. The molecule has 0 saturated carbocycles. The molecule has 118 valence electrons. The lowest BCUT2D eigenvalue weighted by Gasteiger charge is -2.34. The van der Waals surface area contributed by atoms with Crippen LogP contribution in [0.3, 0.4) is 0 Å². The van der Waals surface area contributed by atoms with E-state index >= 15 is 0 Å². The fraction of sp³-hybridized carbons (Fsp3) is 0.929. The number of ether oxygens (including phenoxy) is 3. The van der Waals surface area contributed by atoms with Crippen LogP contribution in [0.4, 0.5) is 0 Å². The quantitative estimate of drug-likeness (QED) is 0.522. The number of methoxy groups -OCH3 is 1. The highest BCUT2D eigenvalue weighted by Gasteiger charge is 2.31. The zero-order valence-corrected chi connectivity index (χ0v) is 12.7. The van der Waals surface area contributed by atoms with Crippen LogP contribution in [0.1, 0.15) is 26.7 Å². The number of nitrogens with zero attached hydrogens (tertiary/aromatic N) is 1. The Kier molecular flexibility index (Phi) is 8.06. The minimum Gasteiger partial charge on any atom is -0.467 e. The van der Waals surface area contributed by atoms with Crippen LogP contribution in [0.15, 0.2) is 0 Å². The first-order valence-corrected chi connectivity index (χ1v) is 7.33. The van der Waals surface area contributed by atoms with Gasteiger partial charge in [-0.3, -0.25) is 4.90 Å². The molecule has 0 unspecified atom stereocenters. The van der Waals surface area contributed by atoms with Gasteiger partial charge in [0.25, 0.3) is 0 Å². The number of aliphatic hydroxyl groups is 1. The van der Waals surface area contributed by atoms with Crippen molar-refractivity contribution in [3.8, 4) is 0 Å². The van der Waals surface area contributed by atoms with Crippen LogP contribution in [0, 0.1) is 5.92 Å². The predicted octanol–water partition coefficient (Wildman–Crippen LogP) is 0.631. The third kappa shape index (κ3) is 5.36. The first kappa shape index (κ1) is 17.4. The summed E-state index contributed by atoms with van der Waals surface area (Å²) in [6, 6.07) is 0. The van der Waals surface area contributed by atoms with Gasteiger partial charge in [0.1, 0.15) is 0 Å². The van der Waals surface area contributed by atoms with Crippen LogP contribution >= 0.6 is 0 Å². The number of hydrogen-bond donors (Lipinski definition) is 1. The maximum absolute atomic E-state index is 11.3. The second kappa shape index (κ2) is 9.28. The zero-order valence-electron chi connectivity index (χ0n) is 12.7. The van der Waals surface area contributed by atoms with E-state index in [0.717, 1.165) is 32.5 Å². The number of piperidine rings is 1. The van der Waals surface area contributed by atoms with E-state index in [0.29, 0.717) is 13.2 Å². The Morgan fingerprint density at radius 3 is 2.25 bits per heavy atom. The Labute approximate surface area is 121 Å². The Balaban J connectivity index is 2.35. The first-order chi connectivity index (χ1) is 9.62. The molecule has 6 heteroatoms. The number of hydrogen-bond acceptors (Lipinski definition) is 6. The third-order valence-electron chi connectivity index (χ3n) is 3.63. The lowest BCUT2D eigenvalue weighted by molar-refractivity contribution is -0.158. The highest BCUT2D eigenvalue weighted by Crippen LogP contribution is 2.21. The molecule has 20 heavy (non-hydrogen) atoms. The number of aliphatic hydroxyl groups excluding tert-OH is 1. The molecule has 1 rings (SSSR count). The van der Waals surface area contributed by atoms with E-state index in [9.17, 15) is 9.90 Å². The fourth-order valence-corrected chi connectivity index (χ4v) is 2.50. The average Bonchev–Trinajstić information content (AvgIpc) is 2.47. The number of carbonyl (C=O) groups excluding carboxylic acids is 1. The first-order valence-electron chi connectivity index (χ1n) is 7.33. The Morgan fingerprint density at radius 2 is 1.80 bits per heavy atom. The molecular weight excluding hydrogens is 262 g/mol. The molecule has 1 heterocycles. The summed E-state index contributed by atoms with van der Waals surface area (Å²) in [6.45, 7) is 7.54. The molecular formula is C14H27NO5. The molecule has 1 saturated heterocycles. The molecule has 1 fully saturated rings. The number of esters is 1. The second-order valence-corrected chi connectivity index (χ2v) is 4.95. The van der Waals surface area contributed by atoms with Crippen molar-refractivity contribution in [2.24, 2.45) is 5.92 Å². The van der Waals surface area contributed by atoms with Crippen molar-refractivity contribution in [1.29, 1.82) is 0 Å². The lowest BCUT2D eigenvalue weighted by atomic mass is 9.91. The summed E-state index contributed by atoms with van der Waals surface area (Å²) >= 11 is 0. The van der Waals surface area contributed by atoms with Gasteiger partial charge in [0, 0.05) is 19.8 Å². The van der Waals surface area contributed by atoms with Crippen molar-refractivity contribution in [2.45, 2.75) is 39.1 Å². The summed E-state index contributed by atoms with van der Waals surface area (Å²) in [5, 5.41) is 9.84. The van der Waals surface area contributed by atoms with Crippen molar-refractivity contribution in [3.05, 3.63) is 0 Å². The van der Waals surface area contributed by atoms with Gasteiger partial charge in [-0.15, -0.1) is 0 Å². The van der Waals surface area contributed by atoms with Crippen molar-refractivity contribution >= 4 is 5.97 Å². The van der Waals surface area contributed by atoms with E-state index in [1.165, 1.54) is 7.11 Å². The minimum absolute atomic E-state index is 0.0173. The maximum Gasteiger partial charge on any atom is 0.334 e. The summed E-state index contributed by atoms with van der Waals surface area (Å²) in [5.74, 6) is -0.554. The van der Waals surface area contributed by atoms with E-state index in [2.05, 4.69) is 9.64 Å². The molecule has 0 amide bonds. The zero-order chi connectivity index (χ0) is 15.0. The van der Waals surface area contributed by atoms with E-state index in [4.69, 9.17) is 9.47 Å². The second-order valence-electron chi connectivity index (χ2n) is 4.95. The molecule has 1 aliphatic heterocycles. The molecule has 6 nitrogen and oxygen atoms in total.